The van der Waals surface area contributed by atoms with Crippen LogP contribution in [-0.4, -0.2) is 70.3 Å². The van der Waals surface area contributed by atoms with Gasteiger partial charge in [-0.25, -0.2) is 4.79 Å². The molecule has 11 heteroatoms. The molecule has 2 aromatic rings. The fourth-order valence-corrected chi connectivity index (χ4v) is 3.04. The Morgan fingerprint density at radius 2 is 1.44 bits per heavy atom. The number of nitrogens with two attached hydrogens (primary N) is 1. The number of carbonyl (C=O) groups is 4. The van der Waals surface area contributed by atoms with E-state index in [1.165, 1.54) is 24.3 Å². The van der Waals surface area contributed by atoms with Crippen LogP contribution < -0.4 is 21.7 Å². The highest BCUT2D eigenvalue weighted by Crippen LogP contribution is 2.11. The minimum absolute atomic E-state index is 0.00885. The molecular formula is C23H28N4O7. The highest BCUT2D eigenvalue weighted by Gasteiger charge is 2.26. The molecule has 182 valence electrons. The second kappa shape index (κ2) is 12.9. The van der Waals surface area contributed by atoms with E-state index in [4.69, 9.17) is 15.9 Å². The van der Waals surface area contributed by atoms with Crippen molar-refractivity contribution >= 4 is 23.7 Å². The Hall–Kier alpha value is -3.96. The molecule has 0 radical (unpaired) electrons. The minimum Gasteiger partial charge on any atom is -0.508 e. The van der Waals surface area contributed by atoms with Crippen molar-refractivity contribution in [1.29, 1.82) is 0 Å². The molecule has 34 heavy (non-hydrogen) atoms. The summed E-state index contributed by atoms with van der Waals surface area (Å²) in [6, 6.07) is 11.3. The van der Waals surface area contributed by atoms with Gasteiger partial charge in [-0.1, -0.05) is 42.5 Å². The van der Waals surface area contributed by atoms with E-state index >= 15 is 0 Å². The van der Waals surface area contributed by atoms with Crippen LogP contribution in [0.4, 0.5) is 0 Å². The van der Waals surface area contributed by atoms with Crippen molar-refractivity contribution in [2.75, 3.05) is 13.2 Å². The molecule has 0 fully saturated rings. The van der Waals surface area contributed by atoms with E-state index in [9.17, 15) is 24.3 Å². The number of nitrogens with one attached hydrogen (secondary N) is 3. The molecule has 3 amide bonds. The Morgan fingerprint density at radius 3 is 2.03 bits per heavy atom. The Morgan fingerprint density at radius 1 is 0.824 bits per heavy atom. The van der Waals surface area contributed by atoms with Gasteiger partial charge in [-0.2, -0.15) is 0 Å². The lowest BCUT2D eigenvalue weighted by molar-refractivity contribution is -0.143. The fourth-order valence-electron chi connectivity index (χ4n) is 3.04. The summed E-state index contributed by atoms with van der Waals surface area (Å²) in [6.45, 7) is -1.29. The van der Waals surface area contributed by atoms with E-state index in [2.05, 4.69) is 16.0 Å². The summed E-state index contributed by atoms with van der Waals surface area (Å²) in [7, 11) is 0. The van der Waals surface area contributed by atoms with Gasteiger partial charge in [-0.3, -0.25) is 14.4 Å². The van der Waals surface area contributed by atoms with Gasteiger partial charge in [0.25, 0.3) is 0 Å². The number of amides is 3. The molecule has 2 rings (SSSR count). The first-order chi connectivity index (χ1) is 16.2. The number of aliphatic hydroxyl groups is 1. The first-order valence-electron chi connectivity index (χ1n) is 10.5. The van der Waals surface area contributed by atoms with E-state index in [1.807, 2.05) is 30.3 Å². The predicted molar refractivity (Wildman–Crippen MR) is 122 cm³/mol. The Kier molecular flexibility index (Phi) is 9.99. The number of aliphatic hydroxyl groups excluding tert-OH is 1. The van der Waals surface area contributed by atoms with Crippen molar-refractivity contribution in [3.63, 3.8) is 0 Å². The Labute approximate surface area is 196 Å². The fraction of sp³-hybridized carbons (Fsp3) is 0.304. The van der Waals surface area contributed by atoms with Crippen molar-refractivity contribution in [3.05, 3.63) is 65.7 Å². The third-order valence-corrected chi connectivity index (χ3v) is 4.88. The number of phenolic OH excluding ortho intramolecular Hbond substituents is 1. The molecule has 11 nitrogen and oxygen atoms in total. The van der Waals surface area contributed by atoms with Crippen LogP contribution in [0.1, 0.15) is 11.1 Å². The van der Waals surface area contributed by atoms with Gasteiger partial charge < -0.3 is 37.0 Å². The predicted octanol–water partition coefficient (Wildman–Crippen LogP) is -1.33. The number of phenols is 1. The molecule has 0 bridgehead atoms. The number of hydrogen-bond donors (Lipinski definition) is 7. The van der Waals surface area contributed by atoms with E-state index < -0.39 is 55.0 Å². The zero-order valence-electron chi connectivity index (χ0n) is 18.3. The number of carbonyl (C=O) groups excluding carboxylic acids is 3. The van der Waals surface area contributed by atoms with Crippen LogP contribution in [0, 0.1) is 0 Å². The highest BCUT2D eigenvalue weighted by molar-refractivity contribution is 5.92. The monoisotopic (exact) mass is 472 g/mol. The van der Waals surface area contributed by atoms with Crippen LogP contribution in [0.25, 0.3) is 0 Å². The summed E-state index contributed by atoms with van der Waals surface area (Å²) in [5, 5.41) is 34.7. The second-order valence-corrected chi connectivity index (χ2v) is 7.59. The highest BCUT2D eigenvalue weighted by atomic mass is 16.4. The lowest BCUT2D eigenvalue weighted by atomic mass is 10.0. The van der Waals surface area contributed by atoms with Gasteiger partial charge in [0.1, 0.15) is 17.8 Å². The largest absolute Gasteiger partial charge is 0.508 e. The van der Waals surface area contributed by atoms with Gasteiger partial charge in [0.05, 0.1) is 19.2 Å². The summed E-state index contributed by atoms with van der Waals surface area (Å²) in [4.78, 5) is 48.4. The van der Waals surface area contributed by atoms with Crippen LogP contribution in [0.2, 0.25) is 0 Å². The van der Waals surface area contributed by atoms with E-state index in [0.29, 0.717) is 5.56 Å². The molecule has 2 aromatic carbocycles. The van der Waals surface area contributed by atoms with Gasteiger partial charge in [-0.15, -0.1) is 0 Å². The maximum absolute atomic E-state index is 12.6. The standard InChI is InChI=1S/C23H28N4O7/c24-17(10-14-4-2-1-3-5-14)21(31)25-12-20(30)26-18(11-15-6-8-16(29)9-7-15)22(32)27-19(13-28)23(33)34/h1-9,17-19,28-29H,10-13,24H2,(H,25,31)(H,26,30)(H,27,32)(H,33,34). The van der Waals surface area contributed by atoms with Gasteiger partial charge >= 0.3 is 5.97 Å². The number of carboxylic acid groups (broad SMARTS) is 1. The molecule has 0 aromatic heterocycles. The third-order valence-electron chi connectivity index (χ3n) is 4.88. The SMILES string of the molecule is NC(Cc1ccccc1)C(=O)NCC(=O)NC(Cc1ccc(O)cc1)C(=O)NC(CO)C(=O)O. The summed E-state index contributed by atoms with van der Waals surface area (Å²) in [5.41, 5.74) is 7.32. The van der Waals surface area contributed by atoms with Crippen molar-refractivity contribution in [2.24, 2.45) is 5.73 Å². The smallest absolute Gasteiger partial charge is 0.328 e. The molecule has 0 saturated carbocycles. The van der Waals surface area contributed by atoms with Gasteiger partial charge in [0.15, 0.2) is 0 Å². The zero-order chi connectivity index (χ0) is 25.1. The van der Waals surface area contributed by atoms with E-state index in [1.54, 1.807) is 0 Å². The maximum atomic E-state index is 12.6. The van der Waals surface area contributed by atoms with Crippen molar-refractivity contribution in [1.82, 2.24) is 16.0 Å². The van der Waals surface area contributed by atoms with Gasteiger partial charge in [-0.05, 0) is 29.7 Å². The molecule has 0 saturated heterocycles. The lowest BCUT2D eigenvalue weighted by Gasteiger charge is -2.21. The van der Waals surface area contributed by atoms with Crippen molar-refractivity contribution < 1.29 is 34.5 Å². The zero-order valence-corrected chi connectivity index (χ0v) is 18.3. The van der Waals surface area contributed by atoms with Gasteiger partial charge in [0, 0.05) is 6.42 Å². The summed E-state index contributed by atoms with van der Waals surface area (Å²) in [6.07, 6.45) is 0.245. The number of hydrogen-bond acceptors (Lipinski definition) is 7. The Bertz CT molecular complexity index is 983. The summed E-state index contributed by atoms with van der Waals surface area (Å²) < 4.78 is 0. The number of aromatic hydroxyl groups is 1. The molecule has 8 N–H and O–H groups in total. The molecule has 0 aliphatic rings. The van der Waals surface area contributed by atoms with Crippen molar-refractivity contribution in [3.8, 4) is 5.75 Å². The minimum atomic E-state index is -1.55. The quantitative estimate of drug-likeness (QED) is 0.197. The van der Waals surface area contributed by atoms with E-state index in [-0.39, 0.29) is 18.6 Å². The van der Waals surface area contributed by atoms with E-state index in [0.717, 1.165) is 5.56 Å². The number of benzene rings is 2. The normalized spacial score (nSPS) is 13.2. The number of rotatable bonds is 12. The average Bonchev–Trinajstić information content (AvgIpc) is 2.82. The first-order valence-corrected chi connectivity index (χ1v) is 10.5. The second-order valence-electron chi connectivity index (χ2n) is 7.59. The summed E-state index contributed by atoms with van der Waals surface area (Å²) in [5.74, 6) is -3.52. The molecule has 3 atom stereocenters. The average molecular weight is 472 g/mol. The Balaban J connectivity index is 1.98. The molecular weight excluding hydrogens is 444 g/mol. The molecule has 0 aliphatic heterocycles. The number of carboxylic acids is 1. The van der Waals surface area contributed by atoms with Gasteiger partial charge in [0.2, 0.25) is 17.7 Å². The molecule has 0 spiro atoms. The first kappa shape index (κ1) is 26.3. The van der Waals surface area contributed by atoms with Crippen LogP contribution in [0.15, 0.2) is 54.6 Å². The summed E-state index contributed by atoms with van der Waals surface area (Å²) >= 11 is 0. The molecule has 0 aliphatic carbocycles. The third kappa shape index (κ3) is 8.52. The number of aliphatic carboxylic acids is 1. The van der Waals surface area contributed by atoms with Crippen LogP contribution in [0.3, 0.4) is 0 Å². The maximum Gasteiger partial charge on any atom is 0.328 e. The van der Waals surface area contributed by atoms with Crippen LogP contribution >= 0.6 is 0 Å². The van der Waals surface area contributed by atoms with Crippen LogP contribution in [-0.2, 0) is 32.0 Å². The lowest BCUT2D eigenvalue weighted by Crippen LogP contribution is -2.55. The molecule has 3 unspecified atom stereocenters. The van der Waals surface area contributed by atoms with Crippen molar-refractivity contribution in [2.45, 2.75) is 31.0 Å². The van der Waals surface area contributed by atoms with Crippen LogP contribution in [0.5, 0.6) is 5.75 Å². The topological polar surface area (TPSA) is 191 Å². The molecule has 0 heterocycles.